The zero-order chi connectivity index (χ0) is 13.8. The Morgan fingerprint density at radius 3 is 2.32 bits per heavy atom. The molecule has 98 valence electrons. The summed E-state index contributed by atoms with van der Waals surface area (Å²) in [5.41, 5.74) is 14.5. The maximum absolute atomic E-state index is 11.0. The van der Waals surface area contributed by atoms with Crippen LogP contribution in [0, 0.1) is 0 Å². The van der Waals surface area contributed by atoms with Gasteiger partial charge in [0.05, 0.1) is 0 Å². The van der Waals surface area contributed by atoms with Gasteiger partial charge in [0, 0.05) is 29.9 Å². The van der Waals surface area contributed by atoms with E-state index < -0.39 is 0 Å². The molecule has 0 saturated carbocycles. The average molecular weight is 274 g/mol. The van der Waals surface area contributed by atoms with Crippen LogP contribution in [0.1, 0.15) is 6.92 Å². The fourth-order valence-corrected chi connectivity index (χ4v) is 1.96. The molecule has 0 fully saturated rings. The summed E-state index contributed by atoms with van der Waals surface area (Å²) < 4.78 is 5.42. The Labute approximate surface area is 116 Å². The number of nitrogens with two attached hydrogens (primary N) is 2. The first-order valence-corrected chi connectivity index (χ1v) is 6.41. The lowest BCUT2D eigenvalue weighted by Crippen LogP contribution is -1.93. The minimum atomic E-state index is -0.120. The van der Waals surface area contributed by atoms with Gasteiger partial charge in [-0.2, -0.15) is 0 Å². The first-order chi connectivity index (χ1) is 9.06. The standard InChI is InChI=1S/C14H14N2O2S/c1-9(17)19-18-14-8-12(16)6-7-13(14)10-2-4-11(15)5-3-10/h2-8H,15-16H2,1H3. The van der Waals surface area contributed by atoms with Gasteiger partial charge in [0.1, 0.15) is 17.8 Å². The number of carbonyl (C=O) groups excluding carboxylic acids is 1. The van der Waals surface area contributed by atoms with E-state index in [2.05, 4.69) is 0 Å². The molecule has 2 rings (SSSR count). The third-order valence-electron chi connectivity index (χ3n) is 2.48. The van der Waals surface area contributed by atoms with E-state index in [0.29, 0.717) is 17.1 Å². The minimum absolute atomic E-state index is 0.120. The Bertz CT molecular complexity index is 597. The number of hydrogen-bond donors (Lipinski definition) is 2. The van der Waals surface area contributed by atoms with Crippen LogP contribution in [0.3, 0.4) is 0 Å². The Morgan fingerprint density at radius 1 is 1.05 bits per heavy atom. The molecule has 2 aromatic rings. The van der Waals surface area contributed by atoms with E-state index in [4.69, 9.17) is 15.7 Å². The van der Waals surface area contributed by atoms with Crippen molar-refractivity contribution in [2.24, 2.45) is 0 Å². The van der Waals surface area contributed by atoms with Crippen molar-refractivity contribution in [3.8, 4) is 16.9 Å². The third kappa shape index (κ3) is 3.42. The molecule has 0 aliphatic carbocycles. The van der Waals surface area contributed by atoms with Gasteiger partial charge in [-0.15, -0.1) is 0 Å². The molecule has 0 amide bonds. The molecule has 0 saturated heterocycles. The number of rotatable bonds is 3. The van der Waals surface area contributed by atoms with Crippen LogP contribution in [0.25, 0.3) is 11.1 Å². The van der Waals surface area contributed by atoms with Gasteiger partial charge in [0.25, 0.3) is 0 Å². The van der Waals surface area contributed by atoms with E-state index >= 15 is 0 Å². The maximum Gasteiger partial charge on any atom is 0.224 e. The van der Waals surface area contributed by atoms with Gasteiger partial charge in [-0.3, -0.25) is 4.79 Å². The summed E-state index contributed by atoms with van der Waals surface area (Å²) in [7, 11) is 0. The number of carbonyl (C=O) groups is 1. The lowest BCUT2D eigenvalue weighted by atomic mass is 10.0. The molecule has 0 unspecified atom stereocenters. The second-order valence-corrected chi connectivity index (χ2v) is 4.94. The second kappa shape index (κ2) is 5.67. The summed E-state index contributed by atoms with van der Waals surface area (Å²) in [5, 5.41) is -0.120. The molecule has 0 aromatic heterocycles. The van der Waals surface area contributed by atoms with E-state index in [1.807, 2.05) is 30.3 Å². The zero-order valence-corrected chi connectivity index (χ0v) is 11.2. The van der Waals surface area contributed by atoms with Crippen LogP contribution in [-0.4, -0.2) is 5.12 Å². The summed E-state index contributed by atoms with van der Waals surface area (Å²) in [6.45, 7) is 1.44. The zero-order valence-electron chi connectivity index (χ0n) is 10.4. The van der Waals surface area contributed by atoms with Gasteiger partial charge in [-0.05, 0) is 29.8 Å². The third-order valence-corrected chi connectivity index (χ3v) is 2.97. The van der Waals surface area contributed by atoms with Gasteiger partial charge in [0.15, 0.2) is 0 Å². The van der Waals surface area contributed by atoms with Crippen molar-refractivity contribution in [3.63, 3.8) is 0 Å². The minimum Gasteiger partial charge on any atom is -0.417 e. The second-order valence-electron chi connectivity index (χ2n) is 4.04. The first kappa shape index (κ1) is 13.3. The highest BCUT2D eigenvalue weighted by molar-refractivity contribution is 8.09. The number of hydrogen-bond acceptors (Lipinski definition) is 5. The van der Waals surface area contributed by atoms with Crippen molar-refractivity contribution in [2.75, 3.05) is 11.5 Å². The van der Waals surface area contributed by atoms with E-state index in [1.165, 1.54) is 6.92 Å². The fourth-order valence-electron chi connectivity index (χ4n) is 1.61. The van der Waals surface area contributed by atoms with Crippen LogP contribution in [0.2, 0.25) is 0 Å². The monoisotopic (exact) mass is 274 g/mol. The van der Waals surface area contributed by atoms with E-state index in [0.717, 1.165) is 23.2 Å². The van der Waals surface area contributed by atoms with Crippen molar-refractivity contribution in [3.05, 3.63) is 42.5 Å². The summed E-state index contributed by atoms with van der Waals surface area (Å²) in [6, 6.07) is 12.8. The number of nitrogen functional groups attached to an aromatic ring is 2. The Hall–Kier alpha value is -2.14. The average Bonchev–Trinajstić information content (AvgIpc) is 2.38. The van der Waals surface area contributed by atoms with Crippen LogP contribution in [-0.2, 0) is 4.79 Å². The molecule has 4 nitrogen and oxygen atoms in total. The molecular formula is C14H14N2O2S. The van der Waals surface area contributed by atoms with Crippen molar-refractivity contribution >= 4 is 28.5 Å². The van der Waals surface area contributed by atoms with Gasteiger partial charge in [-0.1, -0.05) is 12.1 Å². The first-order valence-electron chi connectivity index (χ1n) is 5.67. The highest BCUT2D eigenvalue weighted by Gasteiger charge is 2.09. The number of benzene rings is 2. The summed E-state index contributed by atoms with van der Waals surface area (Å²) in [6.07, 6.45) is 0. The maximum atomic E-state index is 11.0. The molecule has 0 aliphatic rings. The van der Waals surface area contributed by atoms with Crippen molar-refractivity contribution in [1.29, 1.82) is 0 Å². The summed E-state index contributed by atoms with van der Waals surface area (Å²) in [4.78, 5) is 11.0. The predicted molar refractivity (Wildman–Crippen MR) is 79.6 cm³/mol. The van der Waals surface area contributed by atoms with E-state index in [-0.39, 0.29) is 5.12 Å². The van der Waals surface area contributed by atoms with Crippen molar-refractivity contribution < 1.29 is 8.98 Å². The van der Waals surface area contributed by atoms with Gasteiger partial charge in [0.2, 0.25) is 5.12 Å². The number of anilines is 2. The molecule has 19 heavy (non-hydrogen) atoms. The molecule has 0 atom stereocenters. The molecule has 0 aliphatic heterocycles. The molecule has 0 heterocycles. The van der Waals surface area contributed by atoms with Gasteiger partial charge >= 0.3 is 0 Å². The van der Waals surface area contributed by atoms with Crippen LogP contribution < -0.4 is 15.7 Å². The van der Waals surface area contributed by atoms with Crippen LogP contribution in [0.15, 0.2) is 42.5 Å². The predicted octanol–water partition coefficient (Wildman–Crippen LogP) is 3.09. The normalized spacial score (nSPS) is 10.2. The lowest BCUT2D eigenvalue weighted by Gasteiger charge is -2.10. The summed E-state index contributed by atoms with van der Waals surface area (Å²) in [5.74, 6) is 0.560. The topological polar surface area (TPSA) is 78.3 Å². The molecule has 0 radical (unpaired) electrons. The Balaban J connectivity index is 2.38. The summed E-state index contributed by atoms with van der Waals surface area (Å²) >= 11 is 0.786. The molecule has 5 heteroatoms. The van der Waals surface area contributed by atoms with Gasteiger partial charge in [-0.25, -0.2) is 0 Å². The van der Waals surface area contributed by atoms with Gasteiger partial charge < -0.3 is 15.7 Å². The van der Waals surface area contributed by atoms with Crippen LogP contribution in [0.5, 0.6) is 5.75 Å². The highest BCUT2D eigenvalue weighted by Crippen LogP contribution is 2.34. The van der Waals surface area contributed by atoms with E-state index in [9.17, 15) is 4.79 Å². The quantitative estimate of drug-likeness (QED) is 0.664. The van der Waals surface area contributed by atoms with E-state index in [1.54, 1.807) is 12.1 Å². The largest absolute Gasteiger partial charge is 0.417 e. The molecule has 0 bridgehead atoms. The Kier molecular flexibility index (Phi) is 3.97. The highest BCUT2D eigenvalue weighted by atomic mass is 32.2. The van der Waals surface area contributed by atoms with Crippen LogP contribution in [0.4, 0.5) is 11.4 Å². The molecular weight excluding hydrogens is 260 g/mol. The fraction of sp³-hybridized carbons (Fsp3) is 0.0714. The van der Waals surface area contributed by atoms with Crippen LogP contribution >= 0.6 is 12.0 Å². The lowest BCUT2D eigenvalue weighted by molar-refractivity contribution is -0.109. The molecule has 2 aromatic carbocycles. The Morgan fingerprint density at radius 2 is 1.68 bits per heavy atom. The van der Waals surface area contributed by atoms with Crippen molar-refractivity contribution in [1.82, 2.24) is 0 Å². The SMILES string of the molecule is CC(=O)SOc1cc(N)ccc1-c1ccc(N)cc1. The van der Waals surface area contributed by atoms with Crippen molar-refractivity contribution in [2.45, 2.75) is 6.92 Å². The molecule has 4 N–H and O–H groups in total. The smallest absolute Gasteiger partial charge is 0.224 e. The molecule has 0 spiro atoms.